The molecule has 0 aliphatic rings. The Labute approximate surface area is 142 Å². The molecule has 0 unspecified atom stereocenters. The summed E-state index contributed by atoms with van der Waals surface area (Å²) in [6.07, 6.45) is 0. The normalized spacial score (nSPS) is 9.55. The van der Waals surface area contributed by atoms with Gasteiger partial charge >= 0.3 is 5.97 Å². The lowest BCUT2D eigenvalue weighted by Crippen LogP contribution is -2.14. The fraction of sp³-hybridized carbons (Fsp3) is 0.0667. The average molecular weight is 386 g/mol. The van der Waals surface area contributed by atoms with Gasteiger partial charge in [0.1, 0.15) is 21.8 Å². The van der Waals surface area contributed by atoms with Crippen molar-refractivity contribution >= 4 is 40.1 Å². The van der Waals surface area contributed by atoms with Crippen molar-refractivity contribution in [1.29, 1.82) is 5.41 Å². The summed E-state index contributed by atoms with van der Waals surface area (Å²) in [6, 6.07) is 11.8. The van der Waals surface area contributed by atoms with Gasteiger partial charge in [0.15, 0.2) is 0 Å². The Bertz CT molecular complexity index is 693. The minimum Gasteiger partial charge on any atom is -0.495 e. The van der Waals surface area contributed by atoms with Crippen molar-refractivity contribution in [3.63, 3.8) is 0 Å². The van der Waals surface area contributed by atoms with Gasteiger partial charge in [-0.2, -0.15) is 0 Å². The summed E-state index contributed by atoms with van der Waals surface area (Å²) in [7, 11) is 1.45. The van der Waals surface area contributed by atoms with E-state index in [9.17, 15) is 4.79 Å². The van der Waals surface area contributed by atoms with Crippen LogP contribution in [0.5, 0.6) is 11.5 Å². The molecule has 0 saturated carbocycles. The molecule has 0 fully saturated rings. The number of halogens is 2. The zero-order chi connectivity index (χ0) is 15.4. The Hall–Kier alpha value is -2.05. The zero-order valence-electron chi connectivity index (χ0n) is 11.6. The first-order valence-electron chi connectivity index (χ1n) is 6.02. The summed E-state index contributed by atoms with van der Waals surface area (Å²) < 4.78 is 11.0. The molecule has 0 radical (unpaired) electrons. The van der Waals surface area contributed by atoms with Gasteiger partial charge in [-0.3, -0.25) is 5.41 Å². The number of esters is 1. The SMILES string of the molecule is COc1c(C(=N)N)ccc(OC(=O)c2ccccc2)c1Br.Cl. The molecule has 0 aliphatic heterocycles. The van der Waals surface area contributed by atoms with Crippen LogP contribution in [-0.2, 0) is 0 Å². The molecule has 5 nitrogen and oxygen atoms in total. The van der Waals surface area contributed by atoms with Gasteiger partial charge < -0.3 is 15.2 Å². The van der Waals surface area contributed by atoms with Crippen LogP contribution in [0.4, 0.5) is 0 Å². The lowest BCUT2D eigenvalue weighted by atomic mass is 10.1. The Kier molecular flexibility index (Phi) is 6.39. The third kappa shape index (κ3) is 3.78. The number of nitrogens with one attached hydrogen (secondary N) is 1. The first-order valence-corrected chi connectivity index (χ1v) is 6.82. The molecule has 0 atom stereocenters. The van der Waals surface area contributed by atoms with Crippen molar-refractivity contribution in [2.75, 3.05) is 7.11 Å². The highest BCUT2D eigenvalue weighted by Gasteiger charge is 2.17. The van der Waals surface area contributed by atoms with Crippen LogP contribution in [0, 0.1) is 5.41 Å². The van der Waals surface area contributed by atoms with E-state index in [1.165, 1.54) is 7.11 Å². The van der Waals surface area contributed by atoms with Gasteiger partial charge in [0.25, 0.3) is 0 Å². The van der Waals surface area contributed by atoms with Gasteiger partial charge in [-0.1, -0.05) is 18.2 Å². The highest BCUT2D eigenvalue weighted by molar-refractivity contribution is 9.10. The van der Waals surface area contributed by atoms with Gasteiger partial charge in [-0.05, 0) is 40.2 Å². The maximum Gasteiger partial charge on any atom is 0.343 e. The Balaban J connectivity index is 0.00000242. The minimum atomic E-state index is -0.478. The molecule has 2 aromatic rings. The molecule has 0 aliphatic carbocycles. The molecule has 0 saturated heterocycles. The number of hydrogen-bond donors (Lipinski definition) is 2. The smallest absolute Gasteiger partial charge is 0.343 e. The molecule has 7 heteroatoms. The second kappa shape index (κ2) is 7.82. The molecule has 0 aromatic heterocycles. The molecule has 0 bridgehead atoms. The van der Waals surface area contributed by atoms with Crippen LogP contribution in [0.25, 0.3) is 0 Å². The molecule has 116 valence electrons. The van der Waals surface area contributed by atoms with Crippen LogP contribution in [0.2, 0.25) is 0 Å². The van der Waals surface area contributed by atoms with E-state index in [4.69, 9.17) is 20.6 Å². The van der Waals surface area contributed by atoms with Gasteiger partial charge in [0.05, 0.1) is 18.2 Å². The fourth-order valence-electron chi connectivity index (χ4n) is 1.76. The topological polar surface area (TPSA) is 85.4 Å². The molecule has 0 heterocycles. The van der Waals surface area contributed by atoms with Gasteiger partial charge in [0, 0.05) is 0 Å². The number of ether oxygens (including phenoxy) is 2. The number of rotatable bonds is 4. The first kappa shape index (κ1) is 18.0. The monoisotopic (exact) mass is 384 g/mol. The van der Waals surface area contributed by atoms with Crippen molar-refractivity contribution in [2.24, 2.45) is 5.73 Å². The van der Waals surface area contributed by atoms with E-state index in [1.807, 2.05) is 6.07 Å². The van der Waals surface area contributed by atoms with Crippen molar-refractivity contribution in [1.82, 2.24) is 0 Å². The van der Waals surface area contributed by atoms with Crippen LogP contribution in [0.15, 0.2) is 46.9 Å². The molecule has 2 aromatic carbocycles. The van der Waals surface area contributed by atoms with E-state index in [0.29, 0.717) is 27.1 Å². The predicted octanol–water partition coefficient (Wildman–Crippen LogP) is 3.38. The number of hydrogen-bond acceptors (Lipinski definition) is 4. The highest BCUT2D eigenvalue weighted by Crippen LogP contribution is 2.37. The number of benzene rings is 2. The van der Waals surface area contributed by atoms with Crippen molar-refractivity contribution in [2.45, 2.75) is 0 Å². The molecule has 0 amide bonds. The summed E-state index contributed by atoms with van der Waals surface area (Å²) in [5.41, 5.74) is 6.34. The van der Waals surface area contributed by atoms with Crippen LogP contribution >= 0.6 is 28.3 Å². The number of carbonyl (C=O) groups is 1. The summed E-state index contributed by atoms with van der Waals surface area (Å²) >= 11 is 3.31. The summed E-state index contributed by atoms with van der Waals surface area (Å²) in [4.78, 5) is 12.0. The van der Waals surface area contributed by atoms with E-state index in [0.717, 1.165) is 0 Å². The third-order valence-corrected chi connectivity index (χ3v) is 3.52. The van der Waals surface area contributed by atoms with Crippen LogP contribution in [0.1, 0.15) is 15.9 Å². The molecule has 3 N–H and O–H groups in total. The number of amidine groups is 1. The van der Waals surface area contributed by atoms with E-state index < -0.39 is 5.97 Å². The Morgan fingerprint density at radius 1 is 1.18 bits per heavy atom. The average Bonchev–Trinajstić information content (AvgIpc) is 2.49. The standard InChI is InChI=1S/C15H13BrN2O3.ClH/c1-20-13-10(14(17)18)7-8-11(12(13)16)21-15(19)9-5-3-2-4-6-9;/h2-8H,1H3,(H3,17,18);1H. The quantitative estimate of drug-likeness (QED) is 0.366. The largest absolute Gasteiger partial charge is 0.495 e. The zero-order valence-corrected chi connectivity index (χ0v) is 14.0. The first-order chi connectivity index (χ1) is 10.0. The molecule has 22 heavy (non-hydrogen) atoms. The van der Waals surface area contributed by atoms with Crippen LogP contribution < -0.4 is 15.2 Å². The van der Waals surface area contributed by atoms with Crippen LogP contribution in [-0.4, -0.2) is 18.9 Å². The molecule has 2 rings (SSSR count). The lowest BCUT2D eigenvalue weighted by molar-refractivity contribution is 0.0733. The second-order valence-corrected chi connectivity index (χ2v) is 4.92. The number of carbonyl (C=O) groups excluding carboxylic acids is 1. The highest BCUT2D eigenvalue weighted by atomic mass is 79.9. The molecule has 0 spiro atoms. The minimum absolute atomic E-state index is 0. The second-order valence-electron chi connectivity index (χ2n) is 4.13. The van der Waals surface area contributed by atoms with Gasteiger partial charge in [-0.25, -0.2) is 4.79 Å². The van der Waals surface area contributed by atoms with E-state index in [1.54, 1.807) is 36.4 Å². The van der Waals surface area contributed by atoms with E-state index in [2.05, 4.69) is 15.9 Å². The predicted molar refractivity (Wildman–Crippen MR) is 90.4 cm³/mol. The fourth-order valence-corrected chi connectivity index (χ4v) is 2.35. The Morgan fingerprint density at radius 2 is 1.82 bits per heavy atom. The number of nitrogens with two attached hydrogens (primary N) is 1. The molecular formula is C15H14BrClN2O3. The van der Waals surface area contributed by atoms with E-state index >= 15 is 0 Å². The maximum atomic E-state index is 12.0. The number of methoxy groups -OCH3 is 1. The van der Waals surface area contributed by atoms with Crippen molar-refractivity contribution in [3.05, 3.63) is 58.1 Å². The van der Waals surface area contributed by atoms with Crippen molar-refractivity contribution < 1.29 is 14.3 Å². The maximum absolute atomic E-state index is 12.0. The van der Waals surface area contributed by atoms with Gasteiger partial charge in [0.2, 0.25) is 0 Å². The lowest BCUT2D eigenvalue weighted by Gasteiger charge is -2.13. The van der Waals surface area contributed by atoms with Gasteiger partial charge in [-0.15, -0.1) is 12.4 Å². The van der Waals surface area contributed by atoms with E-state index in [-0.39, 0.29) is 18.2 Å². The molecular weight excluding hydrogens is 372 g/mol. The Morgan fingerprint density at radius 3 is 2.36 bits per heavy atom. The van der Waals surface area contributed by atoms with Crippen molar-refractivity contribution in [3.8, 4) is 11.5 Å². The summed E-state index contributed by atoms with van der Waals surface area (Å²) in [5.74, 6) is 0.0361. The number of nitrogen functional groups attached to an aromatic ring is 1. The third-order valence-electron chi connectivity index (χ3n) is 2.77. The van der Waals surface area contributed by atoms with Crippen LogP contribution in [0.3, 0.4) is 0 Å². The summed E-state index contributed by atoms with van der Waals surface area (Å²) in [5, 5.41) is 7.49. The summed E-state index contributed by atoms with van der Waals surface area (Å²) in [6.45, 7) is 0.